The number of carbonyl (C=O) groups is 1. The summed E-state index contributed by atoms with van der Waals surface area (Å²) < 4.78 is 0. The Kier molecular flexibility index (Phi) is 6.23. The molecule has 0 aromatic heterocycles. The van der Waals surface area contributed by atoms with Gasteiger partial charge in [-0.2, -0.15) is 0 Å². The van der Waals surface area contributed by atoms with Gasteiger partial charge >= 0.3 is 5.97 Å². The van der Waals surface area contributed by atoms with Crippen molar-refractivity contribution in [2.75, 3.05) is 40.8 Å². The fourth-order valence-corrected chi connectivity index (χ4v) is 3.05. The van der Waals surface area contributed by atoms with E-state index in [0.717, 1.165) is 38.9 Å². The molecule has 2 atom stereocenters. The van der Waals surface area contributed by atoms with Crippen LogP contribution >= 0.6 is 0 Å². The monoisotopic (exact) mass is 271 g/mol. The van der Waals surface area contributed by atoms with Crippen LogP contribution in [-0.4, -0.2) is 73.2 Å². The van der Waals surface area contributed by atoms with Crippen molar-refractivity contribution in [3.63, 3.8) is 0 Å². The average molecular weight is 271 g/mol. The molecule has 1 aliphatic carbocycles. The van der Waals surface area contributed by atoms with Gasteiger partial charge in [-0.25, -0.2) is 0 Å². The summed E-state index contributed by atoms with van der Waals surface area (Å²) in [5, 5.41) is 12.4. The Bertz CT molecular complexity index is 296. The molecule has 2 N–H and O–H groups in total. The molecule has 0 aromatic carbocycles. The lowest BCUT2D eigenvalue weighted by Gasteiger charge is -2.30. The molecule has 1 rings (SSSR count). The van der Waals surface area contributed by atoms with E-state index in [1.807, 2.05) is 0 Å². The molecule has 0 heterocycles. The molecule has 0 aromatic rings. The van der Waals surface area contributed by atoms with Crippen LogP contribution in [0.2, 0.25) is 0 Å². The highest BCUT2D eigenvalue weighted by atomic mass is 16.4. The van der Waals surface area contributed by atoms with Gasteiger partial charge in [0.05, 0.1) is 0 Å². The van der Waals surface area contributed by atoms with Crippen LogP contribution in [0.3, 0.4) is 0 Å². The first-order chi connectivity index (χ1) is 8.95. The first-order valence-corrected chi connectivity index (χ1v) is 7.26. The van der Waals surface area contributed by atoms with Crippen molar-refractivity contribution < 1.29 is 9.90 Å². The summed E-state index contributed by atoms with van der Waals surface area (Å²) in [7, 11) is 5.93. The lowest BCUT2D eigenvalue weighted by atomic mass is 9.98. The molecule has 1 saturated carbocycles. The van der Waals surface area contributed by atoms with Gasteiger partial charge in [-0.1, -0.05) is 6.92 Å². The molecular formula is C14H29N3O2. The molecule has 19 heavy (non-hydrogen) atoms. The van der Waals surface area contributed by atoms with Crippen molar-refractivity contribution in [3.05, 3.63) is 0 Å². The van der Waals surface area contributed by atoms with Gasteiger partial charge < -0.3 is 20.2 Å². The maximum absolute atomic E-state index is 11.4. The van der Waals surface area contributed by atoms with E-state index >= 15 is 0 Å². The van der Waals surface area contributed by atoms with Crippen LogP contribution in [-0.2, 0) is 4.79 Å². The number of nitrogens with one attached hydrogen (secondary N) is 1. The molecule has 5 heteroatoms. The average Bonchev–Trinajstić information content (AvgIpc) is 2.80. The van der Waals surface area contributed by atoms with Crippen molar-refractivity contribution in [3.8, 4) is 0 Å². The third kappa shape index (κ3) is 4.16. The van der Waals surface area contributed by atoms with Crippen LogP contribution in [0.4, 0.5) is 0 Å². The van der Waals surface area contributed by atoms with Gasteiger partial charge in [0.25, 0.3) is 0 Å². The van der Waals surface area contributed by atoms with Crippen LogP contribution in [0.15, 0.2) is 0 Å². The standard InChI is InChI=1S/C14H29N3O2/c1-5-17(10-6-9-16(3)4)12-7-8-14(11-12,15-2)13(18)19/h12,15H,5-11H2,1-4H3,(H,18,19). The van der Waals surface area contributed by atoms with E-state index in [1.54, 1.807) is 7.05 Å². The third-order valence-corrected chi connectivity index (χ3v) is 4.35. The molecular weight excluding hydrogens is 242 g/mol. The van der Waals surface area contributed by atoms with Crippen LogP contribution in [0.1, 0.15) is 32.6 Å². The summed E-state index contributed by atoms with van der Waals surface area (Å²) in [6.45, 7) is 5.30. The van der Waals surface area contributed by atoms with E-state index in [-0.39, 0.29) is 0 Å². The van der Waals surface area contributed by atoms with Crippen molar-refractivity contribution in [1.29, 1.82) is 0 Å². The second kappa shape index (κ2) is 7.22. The third-order valence-electron chi connectivity index (χ3n) is 4.35. The maximum atomic E-state index is 11.4. The zero-order valence-electron chi connectivity index (χ0n) is 12.8. The van der Waals surface area contributed by atoms with E-state index in [1.165, 1.54) is 0 Å². The Labute approximate surface area is 117 Å². The molecule has 1 aliphatic rings. The zero-order valence-corrected chi connectivity index (χ0v) is 12.8. The van der Waals surface area contributed by atoms with Crippen molar-refractivity contribution in [2.45, 2.75) is 44.2 Å². The van der Waals surface area contributed by atoms with Crippen LogP contribution in [0.25, 0.3) is 0 Å². The Morgan fingerprint density at radius 3 is 2.53 bits per heavy atom. The SMILES string of the molecule is CCN(CCCN(C)C)C1CCC(NC)(C(=O)O)C1. The van der Waals surface area contributed by atoms with Crippen molar-refractivity contribution in [1.82, 2.24) is 15.1 Å². The summed E-state index contributed by atoms with van der Waals surface area (Å²) in [5.41, 5.74) is -0.709. The lowest BCUT2D eigenvalue weighted by Crippen LogP contribution is -2.49. The largest absolute Gasteiger partial charge is 0.480 e. The fraction of sp³-hybridized carbons (Fsp3) is 0.929. The highest BCUT2D eigenvalue weighted by Crippen LogP contribution is 2.33. The van der Waals surface area contributed by atoms with Crippen molar-refractivity contribution >= 4 is 5.97 Å². The predicted molar refractivity (Wildman–Crippen MR) is 77.5 cm³/mol. The number of hydrogen-bond acceptors (Lipinski definition) is 4. The minimum Gasteiger partial charge on any atom is -0.480 e. The van der Waals surface area contributed by atoms with Gasteiger partial charge in [0.2, 0.25) is 0 Å². The molecule has 0 radical (unpaired) electrons. The van der Waals surface area contributed by atoms with E-state index in [9.17, 15) is 9.90 Å². The molecule has 112 valence electrons. The van der Waals surface area contributed by atoms with Gasteiger partial charge in [-0.05, 0) is 66.5 Å². The Hall–Kier alpha value is -0.650. The second-order valence-electron chi connectivity index (χ2n) is 5.82. The summed E-state index contributed by atoms with van der Waals surface area (Å²) in [4.78, 5) is 16.1. The molecule has 0 amide bonds. The summed E-state index contributed by atoms with van der Waals surface area (Å²) >= 11 is 0. The normalized spacial score (nSPS) is 27.4. The second-order valence-corrected chi connectivity index (χ2v) is 5.82. The topological polar surface area (TPSA) is 55.8 Å². The van der Waals surface area contributed by atoms with E-state index < -0.39 is 11.5 Å². The number of nitrogens with zero attached hydrogens (tertiary/aromatic N) is 2. The fourth-order valence-electron chi connectivity index (χ4n) is 3.05. The molecule has 1 fully saturated rings. The summed E-state index contributed by atoms with van der Waals surface area (Å²) in [5.74, 6) is -0.707. The minimum absolute atomic E-state index is 0.399. The predicted octanol–water partition coefficient (Wildman–Crippen LogP) is 0.855. The van der Waals surface area contributed by atoms with E-state index in [2.05, 4.69) is 36.1 Å². The van der Waals surface area contributed by atoms with E-state index in [4.69, 9.17) is 0 Å². The maximum Gasteiger partial charge on any atom is 0.323 e. The Morgan fingerprint density at radius 1 is 1.42 bits per heavy atom. The van der Waals surface area contributed by atoms with Gasteiger partial charge in [0.1, 0.15) is 5.54 Å². The first-order valence-electron chi connectivity index (χ1n) is 7.26. The smallest absolute Gasteiger partial charge is 0.323 e. The lowest BCUT2D eigenvalue weighted by molar-refractivity contribution is -0.144. The molecule has 0 aliphatic heterocycles. The van der Waals surface area contributed by atoms with E-state index in [0.29, 0.717) is 12.5 Å². The van der Waals surface area contributed by atoms with Gasteiger partial charge in [-0.15, -0.1) is 0 Å². The molecule has 0 spiro atoms. The van der Waals surface area contributed by atoms with Crippen LogP contribution in [0.5, 0.6) is 0 Å². The molecule has 5 nitrogen and oxygen atoms in total. The highest BCUT2D eigenvalue weighted by Gasteiger charge is 2.45. The highest BCUT2D eigenvalue weighted by molar-refractivity contribution is 5.79. The first kappa shape index (κ1) is 16.4. The number of likely N-dealkylation sites (N-methyl/N-ethyl adjacent to an activating group) is 1. The number of hydrogen-bond donors (Lipinski definition) is 2. The zero-order chi connectivity index (χ0) is 14.5. The Morgan fingerprint density at radius 2 is 2.11 bits per heavy atom. The quantitative estimate of drug-likeness (QED) is 0.685. The van der Waals surface area contributed by atoms with Crippen molar-refractivity contribution in [2.24, 2.45) is 0 Å². The number of carboxylic acid groups (broad SMARTS) is 1. The van der Waals surface area contributed by atoms with Gasteiger partial charge in [0.15, 0.2) is 0 Å². The summed E-state index contributed by atoms with van der Waals surface area (Å²) in [6, 6.07) is 0.399. The van der Waals surface area contributed by atoms with Gasteiger partial charge in [-0.3, -0.25) is 4.79 Å². The number of rotatable bonds is 8. The molecule has 2 unspecified atom stereocenters. The molecule has 0 saturated heterocycles. The number of carboxylic acids is 1. The number of aliphatic carboxylic acids is 1. The summed E-state index contributed by atoms with van der Waals surface area (Å²) in [6.07, 6.45) is 3.56. The van der Waals surface area contributed by atoms with Crippen LogP contribution in [0, 0.1) is 0 Å². The molecule has 0 bridgehead atoms. The Balaban J connectivity index is 2.52. The van der Waals surface area contributed by atoms with Crippen LogP contribution < -0.4 is 5.32 Å². The van der Waals surface area contributed by atoms with Gasteiger partial charge in [0, 0.05) is 6.04 Å². The minimum atomic E-state index is -0.709.